The molecule has 1 saturated heterocycles. The van der Waals surface area contributed by atoms with Crippen LogP contribution < -0.4 is 4.74 Å². The first kappa shape index (κ1) is 20.2. The number of allylic oxidation sites excluding steroid dienone is 7. The van der Waals surface area contributed by atoms with Crippen molar-refractivity contribution in [3.63, 3.8) is 0 Å². The average Bonchev–Trinajstić information content (AvgIpc) is 3.28. The van der Waals surface area contributed by atoms with Gasteiger partial charge in [-0.05, 0) is 57.2 Å². The number of oxazole rings is 1. The molecule has 1 aromatic heterocycles. The zero-order chi connectivity index (χ0) is 19.8. The van der Waals surface area contributed by atoms with Gasteiger partial charge in [-0.1, -0.05) is 24.8 Å². The number of ether oxygens (including phenoxy) is 2. The lowest BCUT2D eigenvalue weighted by Gasteiger charge is -2.19. The third kappa shape index (κ3) is 5.97. The molecule has 1 N–H and O–H groups in total. The van der Waals surface area contributed by atoms with Crippen LogP contribution in [-0.4, -0.2) is 47.3 Å². The summed E-state index contributed by atoms with van der Waals surface area (Å²) in [4.78, 5) is 6.63. The number of fused-ring (bicyclic) bond motifs is 1. The van der Waals surface area contributed by atoms with Gasteiger partial charge in [0.25, 0.3) is 0 Å². The van der Waals surface area contributed by atoms with Crippen molar-refractivity contribution in [2.45, 2.75) is 32.3 Å². The summed E-state index contributed by atoms with van der Waals surface area (Å²) >= 11 is 0. The van der Waals surface area contributed by atoms with Gasteiger partial charge in [0.15, 0.2) is 5.76 Å². The second-order valence-corrected chi connectivity index (χ2v) is 6.91. The smallest absolute Gasteiger partial charge is 0.399 e. The molecule has 1 fully saturated rings. The largest absolute Gasteiger partial charge is 0.495 e. The Morgan fingerprint density at radius 3 is 2.96 bits per heavy atom. The lowest BCUT2D eigenvalue weighted by molar-refractivity contribution is 0.0488. The summed E-state index contributed by atoms with van der Waals surface area (Å²) in [7, 11) is 0. The predicted molar refractivity (Wildman–Crippen MR) is 109 cm³/mol. The number of aliphatic hydroxyl groups excluding tert-OH is 1. The summed E-state index contributed by atoms with van der Waals surface area (Å²) in [5.41, 5.74) is 0.838. The number of nitrogens with zero attached hydrogens (tertiary/aromatic N) is 2. The van der Waals surface area contributed by atoms with Gasteiger partial charge >= 0.3 is 6.08 Å². The van der Waals surface area contributed by atoms with Gasteiger partial charge in [-0.25, -0.2) is 0 Å². The Kier molecular flexibility index (Phi) is 7.28. The maximum absolute atomic E-state index is 10.1. The number of aliphatic hydroxyl groups is 1. The molecule has 1 aromatic rings. The first-order valence-corrected chi connectivity index (χ1v) is 9.69. The van der Waals surface area contributed by atoms with E-state index in [4.69, 9.17) is 13.9 Å². The molecule has 1 unspecified atom stereocenters. The fourth-order valence-corrected chi connectivity index (χ4v) is 3.10. The van der Waals surface area contributed by atoms with E-state index in [0.717, 1.165) is 18.8 Å². The Morgan fingerprint density at radius 1 is 1.36 bits per heavy atom. The molecule has 6 heteroatoms. The zero-order valence-electron chi connectivity index (χ0n) is 16.3. The molecule has 1 aliphatic carbocycles. The molecule has 1 atom stereocenters. The Balaban J connectivity index is 1.51. The average molecular weight is 384 g/mol. The second-order valence-electron chi connectivity index (χ2n) is 6.91. The minimum Gasteiger partial charge on any atom is -0.495 e. The Hall–Kier alpha value is -2.57. The van der Waals surface area contributed by atoms with Gasteiger partial charge in [0.1, 0.15) is 18.5 Å². The Bertz CT molecular complexity index is 782. The van der Waals surface area contributed by atoms with E-state index in [1.54, 1.807) is 18.2 Å². The highest BCUT2D eigenvalue weighted by Gasteiger charge is 2.16. The molecule has 0 radical (unpaired) electrons. The van der Waals surface area contributed by atoms with Gasteiger partial charge in [-0.15, -0.1) is 0 Å². The van der Waals surface area contributed by atoms with Gasteiger partial charge in [-0.2, -0.15) is 4.98 Å². The minimum atomic E-state index is -0.495. The van der Waals surface area contributed by atoms with Crippen molar-refractivity contribution in [2.75, 3.05) is 26.2 Å². The van der Waals surface area contributed by atoms with Gasteiger partial charge in [0, 0.05) is 13.0 Å². The summed E-state index contributed by atoms with van der Waals surface area (Å²) in [6.45, 7) is 8.64. The number of aromatic nitrogens is 1. The van der Waals surface area contributed by atoms with E-state index < -0.39 is 6.10 Å². The van der Waals surface area contributed by atoms with Crippen molar-refractivity contribution in [2.24, 2.45) is 0 Å². The van der Waals surface area contributed by atoms with Crippen LogP contribution >= 0.6 is 0 Å². The third-order valence-corrected chi connectivity index (χ3v) is 4.57. The minimum absolute atomic E-state index is 0.184. The van der Waals surface area contributed by atoms with Crippen LogP contribution in [0.4, 0.5) is 0 Å². The van der Waals surface area contributed by atoms with Crippen molar-refractivity contribution < 1.29 is 19.0 Å². The molecular formula is C22H28N2O4. The van der Waals surface area contributed by atoms with Crippen molar-refractivity contribution in [1.82, 2.24) is 9.88 Å². The maximum atomic E-state index is 10.1. The van der Waals surface area contributed by atoms with E-state index in [9.17, 15) is 5.11 Å². The molecule has 0 aromatic carbocycles. The fraction of sp³-hybridized carbons (Fsp3) is 0.409. The molecule has 0 spiro atoms. The van der Waals surface area contributed by atoms with Crippen LogP contribution in [0.1, 0.15) is 31.2 Å². The number of rotatable bonds is 9. The normalized spacial score (nSPS) is 18.6. The molecule has 28 heavy (non-hydrogen) atoms. The zero-order valence-corrected chi connectivity index (χ0v) is 16.3. The summed E-state index contributed by atoms with van der Waals surface area (Å²) in [5, 5.41) is 10.1. The highest BCUT2D eigenvalue weighted by Crippen LogP contribution is 2.23. The quantitative estimate of drug-likeness (QED) is 0.518. The first-order valence-electron chi connectivity index (χ1n) is 9.69. The Labute approximate surface area is 166 Å². The number of β-amino-alcohol motifs (C(OH)–C–C–N with tert-alkyl or cyclic N) is 1. The molecule has 6 nitrogen and oxygen atoms in total. The molecule has 0 saturated carbocycles. The Morgan fingerprint density at radius 2 is 2.18 bits per heavy atom. The molecule has 3 rings (SSSR count). The molecule has 0 amide bonds. The van der Waals surface area contributed by atoms with Crippen molar-refractivity contribution in [3.8, 4) is 6.08 Å². The van der Waals surface area contributed by atoms with E-state index in [1.807, 2.05) is 31.2 Å². The van der Waals surface area contributed by atoms with Gasteiger partial charge in [0.2, 0.25) is 0 Å². The van der Waals surface area contributed by atoms with Crippen LogP contribution in [0.15, 0.2) is 59.0 Å². The third-order valence-electron chi connectivity index (χ3n) is 4.57. The monoisotopic (exact) mass is 384 g/mol. The topological polar surface area (TPSA) is 68.0 Å². The molecule has 2 heterocycles. The SMILES string of the molecule is C=C/C(=C\C=C(/C)OCC(O)CN1CCCC1)Oc1nc2c(o1)C=CC=CC2. The van der Waals surface area contributed by atoms with Crippen LogP contribution in [0.3, 0.4) is 0 Å². The second kappa shape index (κ2) is 10.1. The summed E-state index contributed by atoms with van der Waals surface area (Å²) in [6.07, 6.45) is 15.7. The fourth-order valence-electron chi connectivity index (χ4n) is 3.10. The van der Waals surface area contributed by atoms with E-state index in [0.29, 0.717) is 30.2 Å². The van der Waals surface area contributed by atoms with Crippen molar-refractivity contribution >= 4 is 6.08 Å². The highest BCUT2D eigenvalue weighted by atomic mass is 16.6. The lowest BCUT2D eigenvalue weighted by atomic mass is 10.3. The standard InChI is InChI=1S/C22H28N2O4/c1-3-19(27-22-23-20-9-5-4-6-10-21(20)28-22)12-11-17(2)26-16-18(25)15-24-13-7-8-14-24/h3-6,10-12,18,25H,1,7-9,13-16H2,2H3/b17-11+,19-12+. The first-order chi connectivity index (χ1) is 13.6. The number of likely N-dealkylation sites (tertiary alicyclic amines) is 1. The van der Waals surface area contributed by atoms with Gasteiger partial charge < -0.3 is 23.9 Å². The molecular weight excluding hydrogens is 356 g/mol. The number of hydrogen-bond donors (Lipinski definition) is 1. The van der Waals surface area contributed by atoms with E-state index in [1.165, 1.54) is 12.8 Å². The summed E-state index contributed by atoms with van der Waals surface area (Å²) < 4.78 is 16.9. The summed E-state index contributed by atoms with van der Waals surface area (Å²) in [6, 6.07) is 0. The number of hydrogen-bond acceptors (Lipinski definition) is 6. The molecule has 1 aliphatic heterocycles. The predicted octanol–water partition coefficient (Wildman–Crippen LogP) is 3.63. The molecule has 2 aliphatic rings. The van der Waals surface area contributed by atoms with Crippen LogP contribution in [0, 0.1) is 0 Å². The van der Waals surface area contributed by atoms with E-state index in [-0.39, 0.29) is 12.7 Å². The van der Waals surface area contributed by atoms with Crippen molar-refractivity contribution in [3.05, 3.63) is 66.0 Å². The van der Waals surface area contributed by atoms with Crippen LogP contribution in [-0.2, 0) is 11.2 Å². The van der Waals surface area contributed by atoms with Crippen LogP contribution in [0.25, 0.3) is 6.08 Å². The maximum Gasteiger partial charge on any atom is 0.399 e. The molecule has 0 bridgehead atoms. The van der Waals surface area contributed by atoms with Gasteiger partial charge in [0.05, 0.1) is 11.5 Å². The lowest BCUT2D eigenvalue weighted by Crippen LogP contribution is -2.32. The van der Waals surface area contributed by atoms with Crippen molar-refractivity contribution in [1.29, 1.82) is 0 Å². The van der Waals surface area contributed by atoms with Crippen LogP contribution in [0.5, 0.6) is 6.08 Å². The van der Waals surface area contributed by atoms with E-state index in [2.05, 4.69) is 16.5 Å². The molecule has 150 valence electrons. The van der Waals surface area contributed by atoms with Crippen LogP contribution in [0.2, 0.25) is 0 Å². The van der Waals surface area contributed by atoms with Gasteiger partial charge in [-0.3, -0.25) is 0 Å². The highest BCUT2D eigenvalue weighted by molar-refractivity contribution is 5.50. The van der Waals surface area contributed by atoms with E-state index >= 15 is 0 Å². The summed E-state index contributed by atoms with van der Waals surface area (Å²) in [5.74, 6) is 1.88.